The van der Waals surface area contributed by atoms with E-state index in [9.17, 15) is 0 Å². The summed E-state index contributed by atoms with van der Waals surface area (Å²) in [4.78, 5) is 2.37. The Balaban J connectivity index is 1.91. The van der Waals surface area contributed by atoms with Crippen LogP contribution >= 0.6 is 0 Å². The van der Waals surface area contributed by atoms with E-state index < -0.39 is 0 Å². The van der Waals surface area contributed by atoms with Crippen LogP contribution in [0.15, 0.2) is 18.2 Å². The number of nitrogens with two attached hydrogens (primary N) is 1. The fourth-order valence-corrected chi connectivity index (χ4v) is 2.68. The number of ether oxygens (including phenoxy) is 1. The van der Waals surface area contributed by atoms with Gasteiger partial charge in [0.1, 0.15) is 5.75 Å². The summed E-state index contributed by atoms with van der Waals surface area (Å²) in [6.45, 7) is 2.89. The molecule has 3 nitrogen and oxygen atoms in total. The second kappa shape index (κ2) is 3.98. The molecule has 86 valence electrons. The maximum atomic E-state index is 6.03. The highest BCUT2D eigenvalue weighted by molar-refractivity contribution is 5.63. The number of rotatable bonds is 1. The van der Waals surface area contributed by atoms with Gasteiger partial charge in [-0.15, -0.1) is 0 Å². The Hall–Kier alpha value is -1.22. The lowest BCUT2D eigenvalue weighted by atomic mass is 10.0. The van der Waals surface area contributed by atoms with Gasteiger partial charge in [0.25, 0.3) is 0 Å². The number of hydrogen-bond acceptors (Lipinski definition) is 3. The SMILES string of the molecule is NC1CCCN(c2cccc3c2OCC3)C1. The predicted octanol–water partition coefficient (Wildman–Crippen LogP) is 1.55. The summed E-state index contributed by atoms with van der Waals surface area (Å²) in [6.07, 6.45) is 3.38. The van der Waals surface area contributed by atoms with Gasteiger partial charge in [0.2, 0.25) is 0 Å². The smallest absolute Gasteiger partial charge is 0.145 e. The molecule has 16 heavy (non-hydrogen) atoms. The molecular formula is C13H18N2O. The zero-order valence-corrected chi connectivity index (χ0v) is 9.48. The number of anilines is 1. The van der Waals surface area contributed by atoms with Gasteiger partial charge in [-0.3, -0.25) is 0 Å². The quantitative estimate of drug-likeness (QED) is 0.777. The monoisotopic (exact) mass is 218 g/mol. The Kier molecular flexibility index (Phi) is 2.48. The number of fused-ring (bicyclic) bond motifs is 1. The van der Waals surface area contributed by atoms with E-state index >= 15 is 0 Å². The van der Waals surface area contributed by atoms with Gasteiger partial charge in [-0.2, -0.15) is 0 Å². The zero-order valence-electron chi connectivity index (χ0n) is 9.48. The predicted molar refractivity (Wildman–Crippen MR) is 65.1 cm³/mol. The summed E-state index contributed by atoms with van der Waals surface area (Å²) in [5.41, 5.74) is 8.61. The molecule has 0 bridgehead atoms. The van der Waals surface area contributed by atoms with Crippen LogP contribution in [0.3, 0.4) is 0 Å². The number of piperidine rings is 1. The van der Waals surface area contributed by atoms with Gasteiger partial charge in [0.15, 0.2) is 0 Å². The average molecular weight is 218 g/mol. The van der Waals surface area contributed by atoms with Crippen LogP contribution in [0.4, 0.5) is 5.69 Å². The van der Waals surface area contributed by atoms with Crippen molar-refractivity contribution in [2.24, 2.45) is 5.73 Å². The minimum absolute atomic E-state index is 0.311. The van der Waals surface area contributed by atoms with E-state index in [1.54, 1.807) is 0 Å². The third-order valence-corrected chi connectivity index (χ3v) is 3.49. The second-order valence-electron chi connectivity index (χ2n) is 4.71. The summed E-state index contributed by atoms with van der Waals surface area (Å²) < 4.78 is 5.74. The molecule has 0 saturated carbocycles. The topological polar surface area (TPSA) is 38.5 Å². The fraction of sp³-hybridized carbons (Fsp3) is 0.538. The van der Waals surface area contributed by atoms with Crippen LogP contribution in [0.25, 0.3) is 0 Å². The Labute approximate surface area is 96.2 Å². The van der Waals surface area contributed by atoms with Gasteiger partial charge in [-0.1, -0.05) is 12.1 Å². The van der Waals surface area contributed by atoms with Crippen molar-refractivity contribution < 1.29 is 4.74 Å². The molecule has 1 aromatic rings. The highest BCUT2D eigenvalue weighted by atomic mass is 16.5. The maximum Gasteiger partial charge on any atom is 0.145 e. The van der Waals surface area contributed by atoms with Gasteiger partial charge in [0.05, 0.1) is 12.3 Å². The number of benzene rings is 1. The van der Waals surface area contributed by atoms with Crippen molar-refractivity contribution in [3.05, 3.63) is 23.8 Å². The summed E-state index contributed by atoms with van der Waals surface area (Å²) in [5, 5.41) is 0. The van der Waals surface area contributed by atoms with Crippen LogP contribution in [0, 0.1) is 0 Å². The molecule has 1 aromatic carbocycles. The molecule has 1 unspecified atom stereocenters. The molecule has 1 atom stereocenters. The first-order chi connectivity index (χ1) is 7.84. The molecular weight excluding hydrogens is 200 g/mol. The van der Waals surface area contributed by atoms with Gasteiger partial charge < -0.3 is 15.4 Å². The Morgan fingerprint density at radius 3 is 3.19 bits per heavy atom. The molecule has 2 heterocycles. The highest BCUT2D eigenvalue weighted by Crippen LogP contribution is 2.36. The standard InChI is InChI=1S/C13H18N2O/c14-11-4-2-7-15(9-11)12-5-1-3-10-6-8-16-13(10)12/h1,3,5,11H,2,4,6-9,14H2. The first-order valence-corrected chi connectivity index (χ1v) is 6.10. The van der Waals surface area contributed by atoms with Crippen molar-refractivity contribution >= 4 is 5.69 Å². The largest absolute Gasteiger partial charge is 0.491 e. The van der Waals surface area contributed by atoms with E-state index in [-0.39, 0.29) is 0 Å². The highest BCUT2D eigenvalue weighted by Gasteiger charge is 2.23. The van der Waals surface area contributed by atoms with Crippen LogP contribution < -0.4 is 15.4 Å². The van der Waals surface area contributed by atoms with E-state index in [4.69, 9.17) is 10.5 Å². The Bertz CT molecular complexity index is 392. The number of nitrogens with zero attached hydrogens (tertiary/aromatic N) is 1. The maximum absolute atomic E-state index is 6.03. The van der Waals surface area contributed by atoms with Crippen LogP contribution in [-0.4, -0.2) is 25.7 Å². The van der Waals surface area contributed by atoms with Crippen molar-refractivity contribution in [3.8, 4) is 5.75 Å². The molecule has 1 fully saturated rings. The van der Waals surface area contributed by atoms with Crippen molar-refractivity contribution in [2.75, 3.05) is 24.6 Å². The van der Waals surface area contributed by atoms with Crippen molar-refractivity contribution in [3.63, 3.8) is 0 Å². The van der Waals surface area contributed by atoms with Crippen LogP contribution in [0.2, 0.25) is 0 Å². The molecule has 0 radical (unpaired) electrons. The van der Waals surface area contributed by atoms with Crippen LogP contribution in [-0.2, 0) is 6.42 Å². The fourth-order valence-electron chi connectivity index (χ4n) is 2.68. The summed E-state index contributed by atoms with van der Waals surface area (Å²) in [7, 11) is 0. The molecule has 0 aliphatic carbocycles. The van der Waals surface area contributed by atoms with Crippen LogP contribution in [0.5, 0.6) is 5.75 Å². The molecule has 2 aliphatic rings. The summed E-state index contributed by atoms with van der Waals surface area (Å²) >= 11 is 0. The number of para-hydroxylation sites is 1. The first kappa shape index (κ1) is 9.97. The van der Waals surface area contributed by atoms with Crippen LogP contribution in [0.1, 0.15) is 18.4 Å². The molecule has 1 saturated heterocycles. The Morgan fingerprint density at radius 1 is 1.38 bits per heavy atom. The molecule has 3 heteroatoms. The van der Waals surface area contributed by atoms with Crippen molar-refractivity contribution in [1.82, 2.24) is 0 Å². The summed E-state index contributed by atoms with van der Waals surface area (Å²) in [6, 6.07) is 6.76. The molecule has 0 aromatic heterocycles. The Morgan fingerprint density at radius 2 is 2.31 bits per heavy atom. The van der Waals surface area contributed by atoms with Gasteiger partial charge >= 0.3 is 0 Å². The minimum atomic E-state index is 0.311. The van der Waals surface area contributed by atoms with E-state index in [1.165, 1.54) is 17.7 Å². The van der Waals surface area contributed by atoms with Gasteiger partial charge in [-0.25, -0.2) is 0 Å². The van der Waals surface area contributed by atoms with E-state index in [0.717, 1.165) is 38.3 Å². The molecule has 0 spiro atoms. The van der Waals surface area contributed by atoms with Crippen molar-refractivity contribution in [2.45, 2.75) is 25.3 Å². The second-order valence-corrected chi connectivity index (χ2v) is 4.71. The van der Waals surface area contributed by atoms with Gasteiger partial charge in [-0.05, 0) is 24.5 Å². The summed E-state index contributed by atoms with van der Waals surface area (Å²) in [5.74, 6) is 1.09. The molecule has 2 N–H and O–H groups in total. The lowest BCUT2D eigenvalue weighted by molar-refractivity contribution is 0.355. The third kappa shape index (κ3) is 1.65. The minimum Gasteiger partial charge on any atom is -0.491 e. The van der Waals surface area contributed by atoms with E-state index in [0.29, 0.717) is 6.04 Å². The van der Waals surface area contributed by atoms with Crippen molar-refractivity contribution in [1.29, 1.82) is 0 Å². The molecule has 0 amide bonds. The molecule has 2 aliphatic heterocycles. The molecule has 3 rings (SSSR count). The lowest BCUT2D eigenvalue weighted by Gasteiger charge is -2.33. The van der Waals surface area contributed by atoms with Gasteiger partial charge in [0, 0.05) is 25.6 Å². The normalized spacial score (nSPS) is 24.1. The van der Waals surface area contributed by atoms with E-state index in [2.05, 4.69) is 23.1 Å². The first-order valence-electron chi connectivity index (χ1n) is 6.10. The average Bonchev–Trinajstić information content (AvgIpc) is 2.76. The third-order valence-electron chi connectivity index (χ3n) is 3.49. The number of hydrogen-bond donors (Lipinski definition) is 1. The zero-order chi connectivity index (χ0) is 11.0. The van der Waals surface area contributed by atoms with E-state index in [1.807, 2.05) is 0 Å². The lowest BCUT2D eigenvalue weighted by Crippen LogP contribution is -2.42.